The van der Waals surface area contributed by atoms with Crippen molar-refractivity contribution in [3.05, 3.63) is 16.4 Å². The molecule has 1 aliphatic heterocycles. The predicted molar refractivity (Wildman–Crippen MR) is 69.9 cm³/mol. The maximum absolute atomic E-state index is 11.4. The van der Waals surface area contributed by atoms with Gasteiger partial charge in [0.1, 0.15) is 0 Å². The van der Waals surface area contributed by atoms with Gasteiger partial charge in [0, 0.05) is 17.6 Å². The molecule has 1 aromatic rings. The van der Waals surface area contributed by atoms with Crippen LogP contribution in [0.2, 0.25) is 0 Å². The van der Waals surface area contributed by atoms with E-state index in [1.807, 2.05) is 12.3 Å². The molecule has 94 valence electrons. The van der Waals surface area contributed by atoms with E-state index in [0.717, 1.165) is 16.1 Å². The predicted octanol–water partition coefficient (Wildman–Crippen LogP) is 1.19. The average molecular weight is 261 g/mol. The van der Waals surface area contributed by atoms with Crippen molar-refractivity contribution in [2.24, 2.45) is 4.99 Å². The standard InChI is InChI=1S/C13H15N3OS/c1-18-13-15-11(8-4-2-3-5-8)9-6-7-10(17)14-12(9)16-13/h6,8H,2-5,7H2,1H3. The van der Waals surface area contributed by atoms with Crippen LogP contribution >= 0.6 is 11.8 Å². The van der Waals surface area contributed by atoms with Crippen molar-refractivity contribution in [1.82, 2.24) is 9.97 Å². The van der Waals surface area contributed by atoms with Crippen LogP contribution in [-0.2, 0) is 4.79 Å². The van der Waals surface area contributed by atoms with E-state index in [2.05, 4.69) is 15.0 Å². The van der Waals surface area contributed by atoms with Crippen LogP contribution < -0.4 is 10.7 Å². The molecule has 1 aromatic heterocycles. The normalized spacial score (nSPS) is 19.3. The molecule has 2 heterocycles. The van der Waals surface area contributed by atoms with E-state index in [4.69, 9.17) is 0 Å². The number of amides is 1. The number of hydrogen-bond donors (Lipinski definition) is 0. The Morgan fingerprint density at radius 1 is 1.28 bits per heavy atom. The fourth-order valence-electron chi connectivity index (χ4n) is 2.69. The van der Waals surface area contributed by atoms with Gasteiger partial charge in [0.05, 0.1) is 5.69 Å². The number of rotatable bonds is 2. The van der Waals surface area contributed by atoms with Crippen molar-refractivity contribution in [3.63, 3.8) is 0 Å². The topological polar surface area (TPSA) is 55.2 Å². The molecule has 1 aliphatic carbocycles. The molecule has 3 rings (SSSR count). The molecule has 1 amide bonds. The van der Waals surface area contributed by atoms with Gasteiger partial charge in [0.25, 0.3) is 5.91 Å². The summed E-state index contributed by atoms with van der Waals surface area (Å²) in [4.78, 5) is 24.5. The third-order valence-electron chi connectivity index (χ3n) is 3.57. The maximum atomic E-state index is 11.4. The minimum absolute atomic E-state index is 0.106. The van der Waals surface area contributed by atoms with Crippen molar-refractivity contribution in [1.29, 1.82) is 0 Å². The smallest absolute Gasteiger partial charge is 0.251 e. The van der Waals surface area contributed by atoms with Crippen LogP contribution in [0.3, 0.4) is 0 Å². The maximum Gasteiger partial charge on any atom is 0.251 e. The lowest BCUT2D eigenvalue weighted by Crippen LogP contribution is -2.38. The second-order valence-corrected chi connectivity index (χ2v) is 5.50. The Hall–Kier alpha value is -1.23. The minimum atomic E-state index is -0.106. The van der Waals surface area contributed by atoms with Crippen molar-refractivity contribution in [3.8, 4) is 0 Å². The first-order valence-corrected chi connectivity index (χ1v) is 7.54. The molecular weight excluding hydrogens is 246 g/mol. The number of nitrogens with zero attached hydrogens (tertiary/aromatic N) is 3. The van der Waals surface area contributed by atoms with Gasteiger partial charge < -0.3 is 0 Å². The molecule has 0 radical (unpaired) electrons. The van der Waals surface area contributed by atoms with E-state index in [1.54, 1.807) is 0 Å². The molecule has 1 fully saturated rings. The Labute approximate surface area is 110 Å². The molecule has 0 aromatic carbocycles. The summed E-state index contributed by atoms with van der Waals surface area (Å²) < 4.78 is 0. The Morgan fingerprint density at radius 2 is 2.06 bits per heavy atom. The first-order chi connectivity index (χ1) is 8.78. The molecule has 2 aliphatic rings. The van der Waals surface area contributed by atoms with E-state index in [1.165, 1.54) is 37.4 Å². The number of hydrogen-bond acceptors (Lipinski definition) is 4. The van der Waals surface area contributed by atoms with Gasteiger partial charge in [0.15, 0.2) is 10.6 Å². The van der Waals surface area contributed by atoms with Gasteiger partial charge in [0.2, 0.25) is 0 Å². The quantitative estimate of drug-likeness (QED) is 0.592. The van der Waals surface area contributed by atoms with Crippen molar-refractivity contribution in [2.75, 3.05) is 6.26 Å². The zero-order valence-electron chi connectivity index (χ0n) is 10.3. The van der Waals surface area contributed by atoms with E-state index >= 15 is 0 Å². The molecule has 0 N–H and O–H groups in total. The summed E-state index contributed by atoms with van der Waals surface area (Å²) in [5, 5.41) is 1.72. The second kappa shape index (κ2) is 4.80. The van der Waals surface area contributed by atoms with E-state index in [0.29, 0.717) is 17.8 Å². The molecule has 1 saturated carbocycles. The largest absolute Gasteiger partial charge is 0.272 e. The highest BCUT2D eigenvalue weighted by Gasteiger charge is 2.22. The summed E-state index contributed by atoms with van der Waals surface area (Å²) >= 11 is 1.51. The number of aromatic nitrogens is 2. The van der Waals surface area contributed by atoms with Gasteiger partial charge in [-0.25, -0.2) is 9.97 Å². The van der Waals surface area contributed by atoms with Crippen molar-refractivity contribution < 1.29 is 4.79 Å². The molecule has 0 atom stereocenters. The van der Waals surface area contributed by atoms with Gasteiger partial charge in [-0.3, -0.25) is 4.79 Å². The summed E-state index contributed by atoms with van der Waals surface area (Å²) in [5.41, 5.74) is 1.69. The van der Waals surface area contributed by atoms with Gasteiger partial charge in [-0.2, -0.15) is 4.99 Å². The number of carbonyl (C=O) groups excluding carboxylic acids is 1. The van der Waals surface area contributed by atoms with Crippen LogP contribution in [0.5, 0.6) is 0 Å². The monoisotopic (exact) mass is 261 g/mol. The molecule has 0 saturated heterocycles. The number of carbonyl (C=O) groups is 1. The minimum Gasteiger partial charge on any atom is -0.272 e. The molecule has 18 heavy (non-hydrogen) atoms. The van der Waals surface area contributed by atoms with Gasteiger partial charge in [-0.05, 0) is 19.1 Å². The average Bonchev–Trinajstić information content (AvgIpc) is 2.90. The van der Waals surface area contributed by atoms with Crippen LogP contribution in [0.15, 0.2) is 10.1 Å². The van der Waals surface area contributed by atoms with Gasteiger partial charge in [-0.1, -0.05) is 30.7 Å². The van der Waals surface area contributed by atoms with E-state index in [-0.39, 0.29) is 5.91 Å². The molecule has 0 unspecified atom stereocenters. The van der Waals surface area contributed by atoms with Crippen LogP contribution in [0.1, 0.15) is 43.7 Å². The third-order valence-corrected chi connectivity index (χ3v) is 4.12. The van der Waals surface area contributed by atoms with Crippen LogP contribution in [0.25, 0.3) is 6.08 Å². The van der Waals surface area contributed by atoms with Crippen LogP contribution in [0.4, 0.5) is 0 Å². The zero-order valence-corrected chi connectivity index (χ0v) is 11.2. The van der Waals surface area contributed by atoms with Crippen molar-refractivity contribution in [2.45, 2.75) is 43.2 Å². The highest BCUT2D eigenvalue weighted by molar-refractivity contribution is 7.98. The number of thioether (sulfide) groups is 1. The molecular formula is C13H15N3OS. The van der Waals surface area contributed by atoms with Crippen LogP contribution in [-0.4, -0.2) is 22.1 Å². The van der Waals surface area contributed by atoms with Gasteiger partial charge in [-0.15, -0.1) is 0 Å². The van der Waals surface area contributed by atoms with Crippen molar-refractivity contribution >= 4 is 23.7 Å². The highest BCUT2D eigenvalue weighted by Crippen LogP contribution is 2.31. The first kappa shape index (κ1) is 11.8. The molecule has 0 bridgehead atoms. The highest BCUT2D eigenvalue weighted by atomic mass is 32.2. The van der Waals surface area contributed by atoms with E-state index < -0.39 is 0 Å². The summed E-state index contributed by atoms with van der Waals surface area (Å²) in [6.07, 6.45) is 9.21. The summed E-state index contributed by atoms with van der Waals surface area (Å²) in [5.74, 6) is 0.415. The third kappa shape index (κ3) is 2.07. The Morgan fingerprint density at radius 3 is 2.78 bits per heavy atom. The van der Waals surface area contributed by atoms with Crippen LogP contribution in [0, 0.1) is 0 Å². The lowest BCUT2D eigenvalue weighted by atomic mass is 10.0. The summed E-state index contributed by atoms with van der Waals surface area (Å²) in [7, 11) is 0. The Bertz CT molecular complexity index is 605. The molecule has 5 heteroatoms. The summed E-state index contributed by atoms with van der Waals surface area (Å²) in [6.45, 7) is 0. The molecule has 0 spiro atoms. The molecule has 4 nitrogen and oxygen atoms in total. The van der Waals surface area contributed by atoms with Gasteiger partial charge >= 0.3 is 0 Å². The first-order valence-electron chi connectivity index (χ1n) is 6.31. The van der Waals surface area contributed by atoms with E-state index in [9.17, 15) is 4.79 Å². The SMILES string of the molecule is CSc1nc(C2CCCC2)c2c(n1)=NC(=O)CC=2. The summed E-state index contributed by atoms with van der Waals surface area (Å²) in [6, 6.07) is 0. The Balaban J connectivity index is 2.21. The zero-order chi connectivity index (χ0) is 12.5. The fraction of sp³-hybridized carbons (Fsp3) is 0.538. The second-order valence-electron chi connectivity index (χ2n) is 4.73. The number of fused-ring (bicyclic) bond motifs is 1. The lowest BCUT2D eigenvalue weighted by Gasteiger charge is -2.12. The lowest BCUT2D eigenvalue weighted by molar-refractivity contribution is -0.117. The fourth-order valence-corrected chi connectivity index (χ4v) is 3.06. The Kier molecular flexibility index (Phi) is 3.16.